The molecule has 1 unspecified atom stereocenters. The first-order chi connectivity index (χ1) is 6.84. The molecule has 0 aromatic heterocycles. The second-order valence-electron chi connectivity index (χ2n) is 4.80. The summed E-state index contributed by atoms with van der Waals surface area (Å²) in [4.78, 5) is 11.4. The number of amides is 1. The first-order valence-corrected chi connectivity index (χ1v) is 5.56. The highest BCUT2D eigenvalue weighted by molar-refractivity contribution is 5.81. The Hall–Kier alpha value is -0.610. The van der Waals surface area contributed by atoms with E-state index >= 15 is 0 Å². The molecule has 4 heteroatoms. The van der Waals surface area contributed by atoms with Crippen LogP contribution in [0.2, 0.25) is 0 Å². The summed E-state index contributed by atoms with van der Waals surface area (Å²) in [6.07, 6.45) is 0.213. The Morgan fingerprint density at radius 2 is 1.87 bits per heavy atom. The van der Waals surface area contributed by atoms with E-state index in [9.17, 15) is 9.90 Å². The zero-order chi connectivity index (χ0) is 12.0. The normalized spacial score (nSPS) is 15.5. The number of hydrogen-bond donors (Lipinski definition) is 3. The van der Waals surface area contributed by atoms with Crippen molar-refractivity contribution in [3.63, 3.8) is 0 Å². The summed E-state index contributed by atoms with van der Waals surface area (Å²) in [7, 11) is 0. The molecular weight excluding hydrogens is 192 g/mol. The van der Waals surface area contributed by atoms with Crippen LogP contribution in [-0.2, 0) is 4.79 Å². The van der Waals surface area contributed by atoms with Crippen molar-refractivity contribution >= 4 is 5.91 Å². The highest BCUT2D eigenvalue weighted by Crippen LogP contribution is 2.03. The van der Waals surface area contributed by atoms with Crippen LogP contribution < -0.4 is 11.1 Å². The van der Waals surface area contributed by atoms with Crippen molar-refractivity contribution in [2.24, 2.45) is 17.6 Å². The number of nitrogens with one attached hydrogen (secondary N) is 1. The van der Waals surface area contributed by atoms with Gasteiger partial charge >= 0.3 is 0 Å². The third-order valence-electron chi connectivity index (χ3n) is 2.28. The van der Waals surface area contributed by atoms with Crippen LogP contribution in [0.25, 0.3) is 0 Å². The summed E-state index contributed by atoms with van der Waals surface area (Å²) in [5, 5.41) is 12.2. The topological polar surface area (TPSA) is 75.3 Å². The third kappa shape index (κ3) is 6.47. The van der Waals surface area contributed by atoms with E-state index in [0.717, 1.165) is 0 Å². The van der Waals surface area contributed by atoms with E-state index in [1.54, 1.807) is 0 Å². The van der Waals surface area contributed by atoms with Crippen molar-refractivity contribution in [2.75, 3.05) is 6.54 Å². The molecule has 1 amide bonds. The fourth-order valence-corrected chi connectivity index (χ4v) is 1.27. The molecule has 4 N–H and O–H groups in total. The first kappa shape index (κ1) is 14.4. The van der Waals surface area contributed by atoms with Gasteiger partial charge in [0.15, 0.2) is 0 Å². The minimum absolute atomic E-state index is 0.118. The Labute approximate surface area is 92.2 Å². The van der Waals surface area contributed by atoms with Gasteiger partial charge in [-0.25, -0.2) is 0 Å². The molecule has 2 atom stereocenters. The Morgan fingerprint density at radius 1 is 1.33 bits per heavy atom. The number of aliphatic hydroxyl groups is 1. The summed E-state index contributed by atoms with van der Waals surface area (Å²) in [5.74, 6) is 0.357. The Morgan fingerprint density at radius 3 is 2.27 bits per heavy atom. The van der Waals surface area contributed by atoms with E-state index < -0.39 is 12.1 Å². The SMILES string of the molecule is CC(C)CC(O)CNC(=O)[C@@H](N)C(C)C. The highest BCUT2D eigenvalue weighted by Gasteiger charge is 2.17. The van der Waals surface area contributed by atoms with Gasteiger partial charge in [-0.3, -0.25) is 4.79 Å². The number of carbonyl (C=O) groups is 1. The lowest BCUT2D eigenvalue weighted by atomic mass is 10.0. The minimum atomic E-state index is -0.490. The summed E-state index contributed by atoms with van der Waals surface area (Å²) < 4.78 is 0. The molecule has 0 aliphatic rings. The molecule has 0 aromatic carbocycles. The lowest BCUT2D eigenvalue weighted by molar-refractivity contribution is -0.123. The number of hydrogen-bond acceptors (Lipinski definition) is 3. The standard InChI is InChI=1S/C11H24N2O2/c1-7(2)5-9(14)6-13-11(15)10(12)8(3)4/h7-10,14H,5-6,12H2,1-4H3,(H,13,15)/t9?,10-/m0/s1. The Kier molecular flexibility index (Phi) is 6.52. The maximum Gasteiger partial charge on any atom is 0.237 e. The van der Waals surface area contributed by atoms with Crippen molar-refractivity contribution in [3.05, 3.63) is 0 Å². The predicted molar refractivity (Wildman–Crippen MR) is 61.3 cm³/mol. The molecule has 0 spiro atoms. The summed E-state index contributed by atoms with van der Waals surface area (Å²) in [6, 6.07) is -0.490. The van der Waals surface area contributed by atoms with E-state index in [1.807, 2.05) is 27.7 Å². The summed E-state index contributed by atoms with van der Waals surface area (Å²) in [6.45, 7) is 8.15. The average molecular weight is 216 g/mol. The van der Waals surface area contributed by atoms with Crippen LogP contribution in [0, 0.1) is 11.8 Å². The van der Waals surface area contributed by atoms with Gasteiger partial charge in [-0.15, -0.1) is 0 Å². The molecule has 0 aliphatic heterocycles. The van der Waals surface area contributed by atoms with Crippen LogP contribution in [-0.4, -0.2) is 29.7 Å². The molecule has 0 fully saturated rings. The number of rotatable bonds is 6. The van der Waals surface area contributed by atoms with Gasteiger partial charge < -0.3 is 16.2 Å². The monoisotopic (exact) mass is 216 g/mol. The van der Waals surface area contributed by atoms with Gasteiger partial charge in [-0.05, 0) is 18.3 Å². The Bertz CT molecular complexity index is 193. The van der Waals surface area contributed by atoms with Crippen molar-refractivity contribution in [1.29, 1.82) is 0 Å². The van der Waals surface area contributed by atoms with Crippen LogP contribution in [0.5, 0.6) is 0 Å². The summed E-state index contributed by atoms with van der Waals surface area (Å²) >= 11 is 0. The average Bonchev–Trinajstić information content (AvgIpc) is 2.11. The number of aliphatic hydroxyl groups excluding tert-OH is 1. The fourth-order valence-electron chi connectivity index (χ4n) is 1.27. The fraction of sp³-hybridized carbons (Fsp3) is 0.909. The molecular formula is C11H24N2O2. The molecule has 0 rings (SSSR count). The number of nitrogens with two attached hydrogens (primary N) is 1. The summed E-state index contributed by atoms with van der Waals surface area (Å²) in [5.41, 5.74) is 5.65. The van der Waals surface area contributed by atoms with Gasteiger partial charge in [0.1, 0.15) is 0 Å². The van der Waals surface area contributed by atoms with Crippen LogP contribution >= 0.6 is 0 Å². The molecule has 0 saturated carbocycles. The van der Waals surface area contributed by atoms with Gasteiger partial charge in [0.2, 0.25) is 5.91 Å². The molecule has 4 nitrogen and oxygen atoms in total. The van der Waals surface area contributed by atoms with E-state index in [0.29, 0.717) is 12.3 Å². The van der Waals surface area contributed by atoms with Crippen molar-refractivity contribution < 1.29 is 9.90 Å². The van der Waals surface area contributed by atoms with Crippen LogP contribution in [0.4, 0.5) is 0 Å². The second-order valence-corrected chi connectivity index (χ2v) is 4.80. The lowest BCUT2D eigenvalue weighted by Crippen LogP contribution is -2.46. The van der Waals surface area contributed by atoms with E-state index in [1.165, 1.54) is 0 Å². The first-order valence-electron chi connectivity index (χ1n) is 5.56. The zero-order valence-corrected chi connectivity index (χ0v) is 10.2. The van der Waals surface area contributed by atoms with Crippen molar-refractivity contribution in [1.82, 2.24) is 5.32 Å². The smallest absolute Gasteiger partial charge is 0.237 e. The van der Waals surface area contributed by atoms with E-state index in [2.05, 4.69) is 5.32 Å². The maximum absolute atomic E-state index is 11.4. The Balaban J connectivity index is 3.80. The minimum Gasteiger partial charge on any atom is -0.391 e. The molecule has 15 heavy (non-hydrogen) atoms. The molecule has 90 valence electrons. The van der Waals surface area contributed by atoms with Gasteiger partial charge in [0.25, 0.3) is 0 Å². The van der Waals surface area contributed by atoms with Crippen LogP contribution in [0.1, 0.15) is 34.1 Å². The zero-order valence-electron chi connectivity index (χ0n) is 10.2. The quantitative estimate of drug-likeness (QED) is 0.605. The molecule has 0 bridgehead atoms. The maximum atomic E-state index is 11.4. The predicted octanol–water partition coefficient (Wildman–Crippen LogP) is 0.493. The van der Waals surface area contributed by atoms with Crippen molar-refractivity contribution in [2.45, 2.75) is 46.3 Å². The molecule has 0 radical (unpaired) electrons. The van der Waals surface area contributed by atoms with Gasteiger partial charge in [-0.2, -0.15) is 0 Å². The van der Waals surface area contributed by atoms with Gasteiger partial charge in [0.05, 0.1) is 12.1 Å². The van der Waals surface area contributed by atoms with E-state index in [-0.39, 0.29) is 18.4 Å². The van der Waals surface area contributed by atoms with Crippen LogP contribution in [0.3, 0.4) is 0 Å². The van der Waals surface area contributed by atoms with E-state index in [4.69, 9.17) is 5.73 Å². The van der Waals surface area contributed by atoms with Gasteiger partial charge in [-0.1, -0.05) is 27.7 Å². The highest BCUT2D eigenvalue weighted by atomic mass is 16.3. The van der Waals surface area contributed by atoms with Crippen molar-refractivity contribution in [3.8, 4) is 0 Å². The molecule has 0 aliphatic carbocycles. The van der Waals surface area contributed by atoms with Crippen LogP contribution in [0.15, 0.2) is 0 Å². The largest absolute Gasteiger partial charge is 0.391 e. The molecule has 0 aromatic rings. The lowest BCUT2D eigenvalue weighted by Gasteiger charge is -2.18. The molecule has 0 saturated heterocycles. The second kappa shape index (κ2) is 6.80. The van der Waals surface area contributed by atoms with Gasteiger partial charge in [0, 0.05) is 6.54 Å². The number of carbonyl (C=O) groups excluding carboxylic acids is 1. The third-order valence-corrected chi connectivity index (χ3v) is 2.28. The molecule has 0 heterocycles.